The van der Waals surface area contributed by atoms with Gasteiger partial charge in [-0.15, -0.1) is 11.3 Å². The van der Waals surface area contributed by atoms with E-state index in [1.807, 2.05) is 61.8 Å². The molecule has 0 atom stereocenters. The van der Waals surface area contributed by atoms with Crippen LogP contribution in [0.4, 0.5) is 5.13 Å². The molecule has 0 radical (unpaired) electrons. The van der Waals surface area contributed by atoms with Gasteiger partial charge in [0, 0.05) is 18.0 Å². The lowest BCUT2D eigenvalue weighted by molar-refractivity contribution is 1.01. The molecule has 0 N–H and O–H groups in total. The van der Waals surface area contributed by atoms with E-state index in [-0.39, 0.29) is 0 Å². The fourth-order valence-electron chi connectivity index (χ4n) is 1.90. The molecule has 3 rings (SSSR count). The van der Waals surface area contributed by atoms with E-state index >= 15 is 0 Å². The Bertz CT molecular complexity index is 720. The first kappa shape index (κ1) is 13.5. The van der Waals surface area contributed by atoms with Crippen molar-refractivity contribution in [2.45, 2.75) is 0 Å². The Hall–Kier alpha value is -2.46. The van der Waals surface area contributed by atoms with Gasteiger partial charge in [0.25, 0.3) is 0 Å². The summed E-state index contributed by atoms with van der Waals surface area (Å²) in [5, 5.41) is 9.15. The maximum absolute atomic E-state index is 4.62. The standard InChI is InChI=1S/C17H15N3S/c1-20(18-12-14-8-4-2-5-9-14)17-19-16(13-21-17)15-10-6-3-7-11-15/h2-13H,1H3. The molecular formula is C17H15N3S. The summed E-state index contributed by atoms with van der Waals surface area (Å²) in [5.74, 6) is 0. The van der Waals surface area contributed by atoms with Gasteiger partial charge in [0.15, 0.2) is 0 Å². The molecule has 0 amide bonds. The fourth-order valence-corrected chi connectivity index (χ4v) is 2.65. The molecule has 0 fully saturated rings. The highest BCUT2D eigenvalue weighted by Crippen LogP contribution is 2.26. The molecule has 0 saturated heterocycles. The molecule has 0 unspecified atom stereocenters. The summed E-state index contributed by atoms with van der Waals surface area (Å²) in [6, 6.07) is 20.2. The Morgan fingerprint density at radius 2 is 1.67 bits per heavy atom. The van der Waals surface area contributed by atoms with Crippen molar-refractivity contribution >= 4 is 22.7 Å². The first-order valence-corrected chi connectivity index (χ1v) is 7.54. The van der Waals surface area contributed by atoms with E-state index in [1.165, 1.54) is 0 Å². The summed E-state index contributed by atoms with van der Waals surface area (Å²) >= 11 is 1.59. The molecule has 1 aromatic heterocycles. The van der Waals surface area contributed by atoms with Gasteiger partial charge in [-0.25, -0.2) is 9.99 Å². The molecule has 4 heteroatoms. The molecule has 1 heterocycles. The van der Waals surface area contributed by atoms with E-state index in [4.69, 9.17) is 0 Å². The number of benzene rings is 2. The summed E-state index contributed by atoms with van der Waals surface area (Å²) in [6.07, 6.45) is 1.84. The van der Waals surface area contributed by atoms with Gasteiger partial charge in [0.05, 0.1) is 11.9 Å². The first-order valence-electron chi connectivity index (χ1n) is 6.66. The smallest absolute Gasteiger partial charge is 0.206 e. The van der Waals surface area contributed by atoms with Crippen molar-refractivity contribution in [3.63, 3.8) is 0 Å². The first-order chi connectivity index (χ1) is 10.3. The van der Waals surface area contributed by atoms with Crippen LogP contribution in [0.15, 0.2) is 71.1 Å². The van der Waals surface area contributed by atoms with Crippen LogP contribution >= 0.6 is 11.3 Å². The second kappa shape index (κ2) is 6.33. The van der Waals surface area contributed by atoms with Crippen LogP contribution in [0.1, 0.15) is 5.56 Å². The van der Waals surface area contributed by atoms with Crippen molar-refractivity contribution in [1.29, 1.82) is 0 Å². The van der Waals surface area contributed by atoms with Crippen LogP contribution in [-0.2, 0) is 0 Å². The van der Waals surface area contributed by atoms with Crippen LogP contribution in [0.3, 0.4) is 0 Å². The van der Waals surface area contributed by atoms with Gasteiger partial charge < -0.3 is 0 Å². The quantitative estimate of drug-likeness (QED) is 0.530. The topological polar surface area (TPSA) is 28.5 Å². The Morgan fingerprint density at radius 1 is 1.00 bits per heavy atom. The molecule has 0 aliphatic carbocycles. The minimum Gasteiger partial charge on any atom is -0.242 e. The van der Waals surface area contributed by atoms with Crippen LogP contribution in [0, 0.1) is 0 Å². The number of hydrogen-bond donors (Lipinski definition) is 0. The number of rotatable bonds is 4. The molecule has 0 spiro atoms. The van der Waals surface area contributed by atoms with E-state index in [2.05, 4.69) is 27.6 Å². The second-order valence-corrected chi connectivity index (χ2v) is 5.40. The third-order valence-electron chi connectivity index (χ3n) is 3.02. The molecule has 0 aliphatic heterocycles. The molecule has 0 bridgehead atoms. The van der Waals surface area contributed by atoms with Crippen LogP contribution in [0.25, 0.3) is 11.3 Å². The maximum atomic E-state index is 4.62. The van der Waals surface area contributed by atoms with E-state index in [9.17, 15) is 0 Å². The monoisotopic (exact) mass is 293 g/mol. The Balaban J connectivity index is 1.76. The third kappa shape index (κ3) is 3.35. The number of anilines is 1. The van der Waals surface area contributed by atoms with Gasteiger partial charge in [0.1, 0.15) is 0 Å². The van der Waals surface area contributed by atoms with Gasteiger partial charge in [-0.3, -0.25) is 0 Å². The lowest BCUT2D eigenvalue weighted by atomic mass is 10.2. The lowest BCUT2D eigenvalue weighted by Crippen LogP contribution is -2.08. The summed E-state index contributed by atoms with van der Waals surface area (Å²) in [6.45, 7) is 0. The lowest BCUT2D eigenvalue weighted by Gasteiger charge is -2.07. The van der Waals surface area contributed by atoms with Crippen molar-refractivity contribution in [3.8, 4) is 11.3 Å². The Labute approximate surface area is 128 Å². The highest BCUT2D eigenvalue weighted by atomic mass is 32.1. The van der Waals surface area contributed by atoms with Crippen molar-refractivity contribution < 1.29 is 0 Å². The number of thiazole rings is 1. The number of aromatic nitrogens is 1. The minimum absolute atomic E-state index is 0.876. The molecule has 2 aromatic carbocycles. The normalized spacial score (nSPS) is 10.9. The third-order valence-corrected chi connectivity index (χ3v) is 3.93. The molecule has 3 aromatic rings. The highest BCUT2D eigenvalue weighted by molar-refractivity contribution is 7.14. The Morgan fingerprint density at radius 3 is 2.38 bits per heavy atom. The highest BCUT2D eigenvalue weighted by Gasteiger charge is 2.07. The number of hydrazone groups is 1. The molecular weight excluding hydrogens is 278 g/mol. The van der Waals surface area contributed by atoms with Crippen LogP contribution in [-0.4, -0.2) is 18.2 Å². The zero-order valence-corrected chi connectivity index (χ0v) is 12.5. The largest absolute Gasteiger partial charge is 0.242 e. The molecule has 0 saturated carbocycles. The van der Waals surface area contributed by atoms with Gasteiger partial charge in [-0.1, -0.05) is 60.7 Å². The van der Waals surface area contributed by atoms with E-state index < -0.39 is 0 Å². The molecule has 0 aliphatic rings. The Kier molecular flexibility index (Phi) is 4.07. The number of nitrogens with zero attached hydrogens (tertiary/aromatic N) is 3. The van der Waals surface area contributed by atoms with Crippen molar-refractivity contribution in [2.24, 2.45) is 5.10 Å². The van der Waals surface area contributed by atoms with E-state index in [1.54, 1.807) is 16.3 Å². The summed E-state index contributed by atoms with van der Waals surface area (Å²) in [4.78, 5) is 4.62. The number of hydrogen-bond acceptors (Lipinski definition) is 4. The molecule has 21 heavy (non-hydrogen) atoms. The van der Waals surface area contributed by atoms with Crippen LogP contribution in [0.5, 0.6) is 0 Å². The van der Waals surface area contributed by atoms with Crippen molar-refractivity contribution in [1.82, 2.24) is 4.98 Å². The van der Waals surface area contributed by atoms with Gasteiger partial charge in [-0.05, 0) is 5.56 Å². The minimum atomic E-state index is 0.876. The fraction of sp³-hybridized carbons (Fsp3) is 0.0588. The molecule has 3 nitrogen and oxygen atoms in total. The van der Waals surface area contributed by atoms with Crippen molar-refractivity contribution in [3.05, 3.63) is 71.6 Å². The van der Waals surface area contributed by atoms with Gasteiger partial charge in [-0.2, -0.15) is 5.10 Å². The predicted octanol–water partition coefficient (Wildman–Crippen LogP) is 4.28. The second-order valence-electron chi connectivity index (χ2n) is 4.56. The van der Waals surface area contributed by atoms with E-state index in [0.29, 0.717) is 0 Å². The average molecular weight is 293 g/mol. The van der Waals surface area contributed by atoms with Crippen LogP contribution < -0.4 is 5.01 Å². The summed E-state index contributed by atoms with van der Waals surface area (Å²) < 4.78 is 0. The van der Waals surface area contributed by atoms with Crippen molar-refractivity contribution in [2.75, 3.05) is 12.1 Å². The molecule has 104 valence electrons. The maximum Gasteiger partial charge on any atom is 0.206 e. The average Bonchev–Trinajstić information content (AvgIpc) is 3.04. The summed E-state index contributed by atoms with van der Waals surface area (Å²) in [7, 11) is 1.91. The van der Waals surface area contributed by atoms with E-state index in [0.717, 1.165) is 22.0 Å². The van der Waals surface area contributed by atoms with Gasteiger partial charge in [0.2, 0.25) is 5.13 Å². The summed E-state index contributed by atoms with van der Waals surface area (Å²) in [5.41, 5.74) is 3.18. The van der Waals surface area contributed by atoms with Gasteiger partial charge >= 0.3 is 0 Å². The SMILES string of the molecule is CN(N=Cc1ccccc1)c1nc(-c2ccccc2)cs1. The zero-order valence-electron chi connectivity index (χ0n) is 11.7. The zero-order chi connectivity index (χ0) is 14.5. The predicted molar refractivity (Wildman–Crippen MR) is 90.0 cm³/mol. The van der Waals surface area contributed by atoms with Crippen LogP contribution in [0.2, 0.25) is 0 Å².